The highest BCUT2D eigenvalue weighted by molar-refractivity contribution is 5.70. The number of likely N-dealkylation sites (N-methyl/N-ethyl adjacent to an activating group) is 1. The highest BCUT2D eigenvalue weighted by atomic mass is 16.7. The Labute approximate surface area is 403 Å². The van der Waals surface area contributed by atoms with Crippen LogP contribution in [-0.4, -0.2) is 82.3 Å². The second kappa shape index (κ2) is 47.7. The lowest BCUT2D eigenvalue weighted by atomic mass is 10.1. The maximum absolute atomic E-state index is 12.8. The summed E-state index contributed by atoms with van der Waals surface area (Å²) in [5.74, 6) is -2.38. The Morgan fingerprint density at radius 3 is 1.35 bits per heavy atom. The van der Waals surface area contributed by atoms with Gasteiger partial charge < -0.3 is 33.3 Å². The van der Waals surface area contributed by atoms with Crippen LogP contribution in [0.5, 0.6) is 0 Å². The predicted octanol–water partition coefficient (Wildman–Crippen LogP) is 13.3. The van der Waals surface area contributed by atoms with Crippen molar-refractivity contribution in [3.63, 3.8) is 0 Å². The van der Waals surface area contributed by atoms with E-state index in [-0.39, 0.29) is 38.6 Å². The van der Waals surface area contributed by atoms with Gasteiger partial charge in [-0.3, -0.25) is 9.59 Å². The van der Waals surface area contributed by atoms with Crippen LogP contribution in [0.15, 0.2) is 97.2 Å². The van der Waals surface area contributed by atoms with Gasteiger partial charge in [0.1, 0.15) is 13.2 Å². The number of aliphatic carboxylic acids is 1. The van der Waals surface area contributed by atoms with E-state index in [0.29, 0.717) is 23.9 Å². The van der Waals surface area contributed by atoms with Crippen molar-refractivity contribution in [2.45, 2.75) is 200 Å². The van der Waals surface area contributed by atoms with Crippen molar-refractivity contribution in [1.82, 2.24) is 0 Å². The molecule has 9 heteroatoms. The Morgan fingerprint density at radius 1 is 0.470 bits per heavy atom. The van der Waals surface area contributed by atoms with Crippen molar-refractivity contribution in [2.75, 3.05) is 47.5 Å². The zero-order valence-electron chi connectivity index (χ0n) is 42.5. The van der Waals surface area contributed by atoms with Crippen LogP contribution in [0.2, 0.25) is 0 Å². The first-order valence-electron chi connectivity index (χ1n) is 25.9. The minimum absolute atomic E-state index is 0.131. The fourth-order valence-electron chi connectivity index (χ4n) is 6.58. The number of carboxylic acid groups (broad SMARTS) is 1. The van der Waals surface area contributed by atoms with Crippen molar-refractivity contribution < 1.29 is 42.9 Å². The van der Waals surface area contributed by atoms with Gasteiger partial charge in [0.15, 0.2) is 12.4 Å². The number of nitrogens with zero attached hydrogens (tertiary/aromatic N) is 1. The second-order valence-corrected chi connectivity index (χ2v) is 18.1. The van der Waals surface area contributed by atoms with Gasteiger partial charge in [-0.25, -0.2) is 0 Å². The smallest absolute Gasteiger partial charge is 0.306 e. The first-order valence-corrected chi connectivity index (χ1v) is 25.9. The first kappa shape index (κ1) is 62.2. The third kappa shape index (κ3) is 48.2. The summed E-state index contributed by atoms with van der Waals surface area (Å²) in [4.78, 5) is 37.1. The molecule has 0 heterocycles. The van der Waals surface area contributed by atoms with Gasteiger partial charge >= 0.3 is 11.9 Å². The summed E-state index contributed by atoms with van der Waals surface area (Å²) in [5.41, 5.74) is 0. The molecule has 0 aromatic rings. The lowest BCUT2D eigenvalue weighted by Gasteiger charge is -2.26. The highest BCUT2D eigenvalue weighted by Gasteiger charge is 2.21. The van der Waals surface area contributed by atoms with Crippen molar-refractivity contribution in [1.29, 1.82) is 0 Å². The van der Waals surface area contributed by atoms with Crippen LogP contribution in [0, 0.1) is 0 Å². The number of allylic oxidation sites excluding steroid dienone is 16. The Morgan fingerprint density at radius 2 is 0.879 bits per heavy atom. The van der Waals surface area contributed by atoms with Crippen molar-refractivity contribution in [3.05, 3.63) is 97.2 Å². The zero-order chi connectivity index (χ0) is 48.4. The van der Waals surface area contributed by atoms with Crippen LogP contribution in [-0.2, 0) is 33.3 Å². The van der Waals surface area contributed by atoms with E-state index in [0.717, 1.165) is 77.0 Å². The molecule has 0 N–H and O–H groups in total. The summed E-state index contributed by atoms with van der Waals surface area (Å²) in [6, 6.07) is 0. The molecular weight excluding hydrogens is 827 g/mol. The number of esters is 2. The molecular formula is C57H95NO8. The van der Waals surface area contributed by atoms with E-state index in [4.69, 9.17) is 18.9 Å². The summed E-state index contributed by atoms with van der Waals surface area (Å²) in [7, 11) is 5.89. The lowest BCUT2D eigenvalue weighted by Crippen LogP contribution is -2.44. The van der Waals surface area contributed by atoms with Gasteiger partial charge in [0.2, 0.25) is 0 Å². The van der Waals surface area contributed by atoms with Crippen molar-refractivity contribution >= 4 is 17.9 Å². The second-order valence-electron chi connectivity index (χ2n) is 18.1. The molecule has 0 spiro atoms. The molecule has 0 aliphatic rings. The summed E-state index contributed by atoms with van der Waals surface area (Å²) >= 11 is 0. The molecule has 0 amide bonds. The normalized spacial score (nSPS) is 13.7. The molecule has 0 aliphatic carbocycles. The summed E-state index contributed by atoms with van der Waals surface area (Å²) in [6.07, 6.45) is 60.2. The third-order valence-corrected chi connectivity index (χ3v) is 10.6. The van der Waals surface area contributed by atoms with Crippen LogP contribution in [0.4, 0.5) is 0 Å². The van der Waals surface area contributed by atoms with Crippen LogP contribution >= 0.6 is 0 Å². The largest absolute Gasteiger partial charge is 0.545 e. The summed E-state index contributed by atoms with van der Waals surface area (Å²) < 4.78 is 22.5. The van der Waals surface area contributed by atoms with E-state index in [2.05, 4.69) is 105 Å². The minimum Gasteiger partial charge on any atom is -0.545 e. The number of rotatable bonds is 46. The van der Waals surface area contributed by atoms with E-state index < -0.39 is 24.3 Å². The Kier molecular flexibility index (Phi) is 45.0. The molecule has 0 bridgehead atoms. The standard InChI is InChI=1S/C57H95NO8/c1-6-8-10-12-14-16-18-20-22-24-26-27-28-29-30-32-34-36-38-40-42-44-46-48-55(60)66-53(52-65-57(56(61)62)63-50-49-58(3,4)5)51-64-54(59)47-45-43-41-39-37-35-33-31-25-23-21-19-17-15-13-11-9-7-2/h8,10,14,16,20,22-23,25-27,29-30,34,36,40,42,53,57H,6-7,9,11-13,15,17-19,21,24,28,31-33,35,37-39,41,43-52H2,1-5H3/b10-8-,16-14-,22-20-,25-23-,27-26-,30-29-,36-34-,42-40-. The number of hydrogen-bond acceptors (Lipinski definition) is 8. The van der Waals surface area contributed by atoms with E-state index in [1.54, 1.807) is 0 Å². The number of carboxylic acids is 1. The molecule has 0 aromatic heterocycles. The van der Waals surface area contributed by atoms with Crippen molar-refractivity contribution in [3.8, 4) is 0 Å². The third-order valence-electron chi connectivity index (χ3n) is 10.6. The first-order chi connectivity index (χ1) is 32.1. The number of hydrogen-bond donors (Lipinski definition) is 0. The molecule has 66 heavy (non-hydrogen) atoms. The molecule has 2 unspecified atom stereocenters. The summed E-state index contributed by atoms with van der Waals surface area (Å²) in [5, 5.41) is 11.7. The molecule has 376 valence electrons. The maximum Gasteiger partial charge on any atom is 0.306 e. The van der Waals surface area contributed by atoms with Gasteiger partial charge in [-0.05, 0) is 89.9 Å². The number of ether oxygens (including phenoxy) is 4. The Balaban J connectivity index is 4.48. The molecule has 0 rings (SSSR count). The Bertz CT molecular complexity index is 1400. The number of quaternary nitrogens is 1. The average Bonchev–Trinajstić information content (AvgIpc) is 3.28. The highest BCUT2D eigenvalue weighted by Crippen LogP contribution is 2.13. The van der Waals surface area contributed by atoms with Crippen LogP contribution in [0.25, 0.3) is 0 Å². The Hall–Kier alpha value is -3.79. The molecule has 0 saturated heterocycles. The van der Waals surface area contributed by atoms with E-state index in [1.807, 2.05) is 27.2 Å². The molecule has 9 nitrogen and oxygen atoms in total. The van der Waals surface area contributed by atoms with E-state index in [9.17, 15) is 19.5 Å². The lowest BCUT2D eigenvalue weighted by molar-refractivity contribution is -0.870. The molecule has 2 atom stereocenters. The topological polar surface area (TPSA) is 111 Å². The fourth-order valence-corrected chi connectivity index (χ4v) is 6.58. The van der Waals surface area contributed by atoms with Gasteiger partial charge in [0.25, 0.3) is 0 Å². The minimum atomic E-state index is -1.64. The van der Waals surface area contributed by atoms with Crippen LogP contribution < -0.4 is 5.11 Å². The van der Waals surface area contributed by atoms with Gasteiger partial charge in [0.05, 0.1) is 40.3 Å². The van der Waals surface area contributed by atoms with Gasteiger partial charge in [-0.15, -0.1) is 0 Å². The summed E-state index contributed by atoms with van der Waals surface area (Å²) in [6.45, 7) is 4.54. The van der Waals surface area contributed by atoms with Gasteiger partial charge in [-0.1, -0.05) is 182 Å². The number of carbonyl (C=O) groups excluding carboxylic acids is 3. The molecule has 0 fully saturated rings. The zero-order valence-corrected chi connectivity index (χ0v) is 42.5. The van der Waals surface area contributed by atoms with E-state index >= 15 is 0 Å². The number of carbonyl (C=O) groups is 3. The van der Waals surface area contributed by atoms with Crippen LogP contribution in [0.1, 0.15) is 187 Å². The fraction of sp³-hybridized carbons (Fsp3) is 0.667. The van der Waals surface area contributed by atoms with Gasteiger partial charge in [0, 0.05) is 12.8 Å². The maximum atomic E-state index is 12.8. The van der Waals surface area contributed by atoms with Crippen LogP contribution in [0.3, 0.4) is 0 Å². The molecule has 0 radical (unpaired) electrons. The van der Waals surface area contributed by atoms with Gasteiger partial charge in [-0.2, -0.15) is 0 Å². The SMILES string of the molecule is CC/C=C\C/C=C\C/C=C\C/C=C\C/C=C\C/C=C\C/C=C\CCCC(=O)OC(COC(=O)CCCCCCCCC/C=C\CCCCCCCCC)COC(OCC[N+](C)(C)C)C(=O)[O-]. The molecule has 0 saturated carbocycles. The molecule has 0 aromatic carbocycles. The predicted molar refractivity (Wildman–Crippen MR) is 274 cm³/mol. The molecule has 0 aliphatic heterocycles. The van der Waals surface area contributed by atoms with Crippen molar-refractivity contribution in [2.24, 2.45) is 0 Å². The average molecular weight is 922 g/mol. The monoisotopic (exact) mass is 922 g/mol. The number of unbranched alkanes of at least 4 members (excludes halogenated alkanes) is 15. The quantitative estimate of drug-likeness (QED) is 0.0195. The van der Waals surface area contributed by atoms with E-state index in [1.165, 1.54) is 70.6 Å².